The van der Waals surface area contributed by atoms with Crippen LogP contribution in [-0.2, 0) is 16.0 Å². The van der Waals surface area contributed by atoms with E-state index in [1.165, 1.54) is 11.3 Å². The summed E-state index contributed by atoms with van der Waals surface area (Å²) in [4.78, 5) is 2.19. The predicted octanol–water partition coefficient (Wildman–Crippen LogP) is 1.65. The van der Waals surface area contributed by atoms with E-state index >= 15 is 0 Å². The molecule has 17 heavy (non-hydrogen) atoms. The highest BCUT2D eigenvalue weighted by molar-refractivity contribution is 5.57. The molecular formula is C13H20N2O2. The summed E-state index contributed by atoms with van der Waals surface area (Å²) in [6, 6.07) is 6.35. The van der Waals surface area contributed by atoms with E-state index in [1.54, 1.807) is 7.11 Å². The Morgan fingerprint density at radius 3 is 3.06 bits per heavy atom. The first kappa shape index (κ1) is 12.4. The van der Waals surface area contributed by atoms with Gasteiger partial charge in [-0.3, -0.25) is 0 Å². The monoisotopic (exact) mass is 236 g/mol. The molecule has 0 saturated carbocycles. The van der Waals surface area contributed by atoms with Gasteiger partial charge >= 0.3 is 0 Å². The van der Waals surface area contributed by atoms with Gasteiger partial charge in [-0.15, -0.1) is 0 Å². The van der Waals surface area contributed by atoms with Gasteiger partial charge in [-0.2, -0.15) is 0 Å². The maximum atomic E-state index is 5.74. The normalized spacial score (nSPS) is 19.2. The highest BCUT2D eigenvalue weighted by atomic mass is 16.5. The number of hydrogen-bond acceptors (Lipinski definition) is 4. The van der Waals surface area contributed by atoms with E-state index in [0.29, 0.717) is 19.9 Å². The van der Waals surface area contributed by atoms with Crippen LogP contribution in [0.1, 0.15) is 24.2 Å². The fraction of sp³-hybridized carbons (Fsp3) is 0.538. The molecule has 0 saturated heterocycles. The lowest BCUT2D eigenvalue weighted by molar-refractivity contribution is 0.0526. The van der Waals surface area contributed by atoms with Gasteiger partial charge in [0.25, 0.3) is 0 Å². The molecule has 0 fully saturated rings. The predicted molar refractivity (Wildman–Crippen MR) is 67.9 cm³/mol. The lowest BCUT2D eigenvalue weighted by Crippen LogP contribution is -2.34. The zero-order chi connectivity index (χ0) is 12.3. The Hall–Kier alpha value is -1.10. The fourth-order valence-electron chi connectivity index (χ4n) is 2.09. The van der Waals surface area contributed by atoms with E-state index in [1.807, 2.05) is 0 Å². The molecule has 0 aliphatic carbocycles. The minimum atomic E-state index is 0.135. The van der Waals surface area contributed by atoms with Crippen LogP contribution < -0.4 is 10.6 Å². The molecule has 4 nitrogen and oxygen atoms in total. The molecule has 4 heteroatoms. The van der Waals surface area contributed by atoms with E-state index in [0.717, 1.165) is 12.1 Å². The van der Waals surface area contributed by atoms with Crippen molar-refractivity contribution in [1.29, 1.82) is 0 Å². The average molecular weight is 236 g/mol. The SMILES string of the molecule is COCCN1COC(C)c2cc(CN)ccc21. The van der Waals surface area contributed by atoms with Crippen molar-refractivity contribution in [3.63, 3.8) is 0 Å². The molecule has 0 bridgehead atoms. The number of nitrogens with zero attached hydrogens (tertiary/aromatic N) is 1. The lowest BCUT2D eigenvalue weighted by atomic mass is 10.0. The van der Waals surface area contributed by atoms with Crippen molar-refractivity contribution in [2.24, 2.45) is 5.73 Å². The first-order valence-electron chi connectivity index (χ1n) is 5.94. The van der Waals surface area contributed by atoms with Crippen LogP contribution in [0.2, 0.25) is 0 Å². The van der Waals surface area contributed by atoms with Gasteiger partial charge in [0, 0.05) is 31.5 Å². The molecule has 1 atom stereocenters. The quantitative estimate of drug-likeness (QED) is 0.863. The summed E-state index contributed by atoms with van der Waals surface area (Å²) in [6.07, 6.45) is 0.135. The highest BCUT2D eigenvalue weighted by Crippen LogP contribution is 2.33. The van der Waals surface area contributed by atoms with Crippen LogP contribution in [0, 0.1) is 0 Å². The Morgan fingerprint density at radius 2 is 2.35 bits per heavy atom. The van der Waals surface area contributed by atoms with Gasteiger partial charge in [0.1, 0.15) is 6.73 Å². The van der Waals surface area contributed by atoms with Crippen LogP contribution in [0.15, 0.2) is 18.2 Å². The summed E-state index contributed by atoms with van der Waals surface area (Å²) < 4.78 is 10.9. The summed E-state index contributed by atoms with van der Waals surface area (Å²) in [5, 5.41) is 0. The number of fused-ring (bicyclic) bond motifs is 1. The molecule has 0 spiro atoms. The van der Waals surface area contributed by atoms with Crippen molar-refractivity contribution in [3.05, 3.63) is 29.3 Å². The van der Waals surface area contributed by atoms with E-state index in [2.05, 4.69) is 30.0 Å². The highest BCUT2D eigenvalue weighted by Gasteiger charge is 2.22. The van der Waals surface area contributed by atoms with Gasteiger partial charge in [-0.1, -0.05) is 6.07 Å². The van der Waals surface area contributed by atoms with Crippen molar-refractivity contribution < 1.29 is 9.47 Å². The molecule has 94 valence electrons. The first-order valence-corrected chi connectivity index (χ1v) is 5.94. The van der Waals surface area contributed by atoms with Crippen LogP contribution in [0.25, 0.3) is 0 Å². The summed E-state index contributed by atoms with van der Waals surface area (Å²) in [6.45, 7) is 4.82. The number of methoxy groups -OCH3 is 1. The number of anilines is 1. The number of hydrogen-bond donors (Lipinski definition) is 1. The molecule has 2 N–H and O–H groups in total. The van der Waals surface area contributed by atoms with Gasteiger partial charge in [0.2, 0.25) is 0 Å². The molecule has 2 rings (SSSR count). The Balaban J connectivity index is 2.26. The minimum absolute atomic E-state index is 0.135. The fourth-order valence-corrected chi connectivity index (χ4v) is 2.09. The Morgan fingerprint density at radius 1 is 1.53 bits per heavy atom. The van der Waals surface area contributed by atoms with Crippen LogP contribution in [0.4, 0.5) is 5.69 Å². The van der Waals surface area contributed by atoms with Gasteiger partial charge in [0.15, 0.2) is 0 Å². The number of nitrogens with two attached hydrogens (primary N) is 1. The second-order valence-corrected chi connectivity index (χ2v) is 4.29. The summed E-state index contributed by atoms with van der Waals surface area (Å²) in [5.74, 6) is 0. The minimum Gasteiger partial charge on any atom is -0.383 e. The summed E-state index contributed by atoms with van der Waals surface area (Å²) >= 11 is 0. The molecular weight excluding hydrogens is 216 g/mol. The van der Waals surface area contributed by atoms with E-state index < -0.39 is 0 Å². The number of benzene rings is 1. The zero-order valence-electron chi connectivity index (χ0n) is 10.5. The summed E-state index contributed by atoms with van der Waals surface area (Å²) in [5.41, 5.74) is 9.27. The van der Waals surface area contributed by atoms with E-state index in [9.17, 15) is 0 Å². The topological polar surface area (TPSA) is 47.7 Å². The third-order valence-corrected chi connectivity index (χ3v) is 3.15. The smallest absolute Gasteiger partial charge is 0.119 e. The third-order valence-electron chi connectivity index (χ3n) is 3.15. The van der Waals surface area contributed by atoms with Crippen molar-refractivity contribution in [2.45, 2.75) is 19.6 Å². The molecule has 1 heterocycles. The van der Waals surface area contributed by atoms with E-state index in [-0.39, 0.29) is 6.10 Å². The van der Waals surface area contributed by atoms with Crippen LogP contribution in [0.5, 0.6) is 0 Å². The molecule has 0 amide bonds. The van der Waals surface area contributed by atoms with E-state index in [4.69, 9.17) is 15.2 Å². The standard InChI is InChI=1S/C13H20N2O2/c1-10-12-7-11(8-14)3-4-13(12)15(9-17-10)5-6-16-2/h3-4,7,10H,5-6,8-9,14H2,1-2H3. The van der Waals surface area contributed by atoms with Gasteiger partial charge < -0.3 is 20.1 Å². The maximum absolute atomic E-state index is 5.74. The number of ether oxygens (including phenoxy) is 2. The molecule has 1 aliphatic rings. The molecule has 1 aromatic rings. The van der Waals surface area contributed by atoms with Gasteiger partial charge in [-0.25, -0.2) is 0 Å². The van der Waals surface area contributed by atoms with Crippen molar-refractivity contribution >= 4 is 5.69 Å². The van der Waals surface area contributed by atoms with Crippen LogP contribution in [0.3, 0.4) is 0 Å². The molecule has 0 radical (unpaired) electrons. The maximum Gasteiger partial charge on any atom is 0.119 e. The molecule has 1 aromatic carbocycles. The second-order valence-electron chi connectivity index (χ2n) is 4.29. The Labute approximate surface area is 102 Å². The zero-order valence-corrected chi connectivity index (χ0v) is 10.5. The van der Waals surface area contributed by atoms with Gasteiger partial charge in [0.05, 0.1) is 12.7 Å². The van der Waals surface area contributed by atoms with Gasteiger partial charge in [-0.05, 0) is 24.6 Å². The average Bonchev–Trinajstić information content (AvgIpc) is 2.38. The largest absolute Gasteiger partial charge is 0.383 e. The van der Waals surface area contributed by atoms with Crippen molar-refractivity contribution in [3.8, 4) is 0 Å². The molecule has 1 unspecified atom stereocenters. The van der Waals surface area contributed by atoms with Crippen LogP contribution in [-0.4, -0.2) is 27.0 Å². The van der Waals surface area contributed by atoms with Crippen molar-refractivity contribution in [2.75, 3.05) is 31.9 Å². The van der Waals surface area contributed by atoms with Crippen molar-refractivity contribution in [1.82, 2.24) is 0 Å². The third kappa shape index (κ3) is 2.60. The Kier molecular flexibility index (Phi) is 3.99. The Bertz CT molecular complexity index is 382. The second kappa shape index (κ2) is 5.49. The first-order chi connectivity index (χ1) is 8.26. The van der Waals surface area contributed by atoms with Crippen LogP contribution >= 0.6 is 0 Å². The number of rotatable bonds is 4. The lowest BCUT2D eigenvalue weighted by Gasteiger charge is -2.34. The molecule has 0 aromatic heterocycles. The summed E-state index contributed by atoms with van der Waals surface area (Å²) in [7, 11) is 1.71. The molecule has 1 aliphatic heterocycles.